The van der Waals surface area contributed by atoms with E-state index in [1.807, 2.05) is 6.07 Å². The summed E-state index contributed by atoms with van der Waals surface area (Å²) < 4.78 is 6.46. The Morgan fingerprint density at radius 2 is 2.12 bits per heavy atom. The molecule has 3 aliphatic rings. The standard InChI is InChI=1S/C21H27NO2/c1-2-3-8-16-11-7-14-21-18(16)12-13-20(23)22(21)19(15-24-21)17-9-5-4-6-10-17/h4-6,9-11,18-19H,2-3,7-8,12-15H2,1H3/t18-,19+,21-/m1/s1. The summed E-state index contributed by atoms with van der Waals surface area (Å²) in [5.41, 5.74) is 2.36. The van der Waals surface area contributed by atoms with Crippen LogP contribution in [0.3, 0.4) is 0 Å². The molecule has 1 aromatic carbocycles. The summed E-state index contributed by atoms with van der Waals surface area (Å²) in [6.07, 6.45) is 9.61. The quantitative estimate of drug-likeness (QED) is 0.757. The van der Waals surface area contributed by atoms with Crippen molar-refractivity contribution < 1.29 is 9.53 Å². The average Bonchev–Trinajstić information content (AvgIpc) is 3.01. The van der Waals surface area contributed by atoms with E-state index in [4.69, 9.17) is 4.74 Å². The third kappa shape index (κ3) is 2.41. The molecule has 2 fully saturated rings. The molecule has 1 spiro atoms. The van der Waals surface area contributed by atoms with Crippen molar-refractivity contribution in [2.45, 2.75) is 63.6 Å². The Kier molecular flexibility index (Phi) is 4.21. The molecule has 0 aromatic heterocycles. The van der Waals surface area contributed by atoms with Gasteiger partial charge in [-0.15, -0.1) is 0 Å². The Bertz CT molecular complexity index is 638. The van der Waals surface area contributed by atoms with Gasteiger partial charge in [0.25, 0.3) is 0 Å². The van der Waals surface area contributed by atoms with Crippen molar-refractivity contribution in [2.75, 3.05) is 6.61 Å². The highest BCUT2D eigenvalue weighted by atomic mass is 16.5. The fourth-order valence-electron chi connectivity index (χ4n) is 4.92. The molecule has 0 saturated carbocycles. The van der Waals surface area contributed by atoms with Crippen LogP contribution in [0.5, 0.6) is 0 Å². The van der Waals surface area contributed by atoms with Crippen LogP contribution in [0.15, 0.2) is 42.0 Å². The zero-order valence-corrected chi connectivity index (χ0v) is 14.5. The highest BCUT2D eigenvalue weighted by molar-refractivity contribution is 5.79. The summed E-state index contributed by atoms with van der Waals surface area (Å²) in [5, 5.41) is 0. The predicted octanol–water partition coefficient (Wildman–Crippen LogP) is 4.60. The number of hydrogen-bond donors (Lipinski definition) is 0. The number of unbranched alkanes of at least 4 members (excludes halogenated alkanes) is 1. The zero-order chi connectivity index (χ0) is 16.6. The number of benzene rings is 1. The lowest BCUT2D eigenvalue weighted by Crippen LogP contribution is -2.58. The number of allylic oxidation sites excluding steroid dienone is 1. The van der Waals surface area contributed by atoms with Gasteiger partial charge in [-0.1, -0.05) is 55.3 Å². The summed E-state index contributed by atoms with van der Waals surface area (Å²) >= 11 is 0. The van der Waals surface area contributed by atoms with Crippen LogP contribution in [-0.2, 0) is 9.53 Å². The number of ether oxygens (including phenoxy) is 1. The maximum atomic E-state index is 12.9. The average molecular weight is 325 g/mol. The van der Waals surface area contributed by atoms with Gasteiger partial charge in [-0.3, -0.25) is 4.79 Å². The first-order chi connectivity index (χ1) is 11.8. The summed E-state index contributed by atoms with van der Waals surface area (Å²) in [6, 6.07) is 10.5. The van der Waals surface area contributed by atoms with Gasteiger partial charge in [0.1, 0.15) is 0 Å². The minimum atomic E-state index is -0.381. The third-order valence-electron chi connectivity index (χ3n) is 6.03. The number of carbonyl (C=O) groups is 1. The normalized spacial score (nSPS) is 32.3. The van der Waals surface area contributed by atoms with Gasteiger partial charge in [0, 0.05) is 12.3 Å². The minimum absolute atomic E-state index is 0.0759. The lowest BCUT2D eigenvalue weighted by atomic mass is 9.72. The van der Waals surface area contributed by atoms with Crippen LogP contribution < -0.4 is 0 Å². The number of amides is 1. The van der Waals surface area contributed by atoms with Crippen LogP contribution in [0.1, 0.15) is 63.5 Å². The SMILES string of the molecule is CCCCC1=CCC[C@]23OC[C@@H](c4ccccc4)N2C(=O)CC[C@H]13. The summed E-state index contributed by atoms with van der Waals surface area (Å²) in [7, 11) is 0. The molecule has 0 bridgehead atoms. The second-order valence-electron chi connectivity index (χ2n) is 7.36. The fourth-order valence-corrected chi connectivity index (χ4v) is 4.92. The second-order valence-corrected chi connectivity index (χ2v) is 7.36. The molecule has 2 aliphatic heterocycles. The van der Waals surface area contributed by atoms with Gasteiger partial charge in [0.2, 0.25) is 5.91 Å². The molecular formula is C21H27NO2. The van der Waals surface area contributed by atoms with Crippen molar-refractivity contribution in [2.24, 2.45) is 5.92 Å². The Hall–Kier alpha value is -1.61. The molecule has 1 aromatic rings. The largest absolute Gasteiger partial charge is 0.352 e. The van der Waals surface area contributed by atoms with E-state index in [0.29, 0.717) is 18.9 Å². The molecule has 128 valence electrons. The molecule has 1 amide bonds. The number of hydrogen-bond acceptors (Lipinski definition) is 2. The Morgan fingerprint density at radius 3 is 2.92 bits per heavy atom. The Balaban J connectivity index is 1.68. The second kappa shape index (κ2) is 6.36. The first-order valence-electron chi connectivity index (χ1n) is 9.46. The van der Waals surface area contributed by atoms with Crippen LogP contribution in [0.4, 0.5) is 0 Å². The van der Waals surface area contributed by atoms with E-state index in [9.17, 15) is 4.79 Å². The van der Waals surface area contributed by atoms with E-state index in [1.165, 1.54) is 24.0 Å². The molecule has 24 heavy (non-hydrogen) atoms. The van der Waals surface area contributed by atoms with Crippen LogP contribution in [0, 0.1) is 5.92 Å². The smallest absolute Gasteiger partial charge is 0.225 e. The molecule has 0 radical (unpaired) electrons. The monoisotopic (exact) mass is 325 g/mol. The number of carbonyl (C=O) groups excluding carboxylic acids is 1. The Morgan fingerprint density at radius 1 is 1.29 bits per heavy atom. The highest BCUT2D eigenvalue weighted by Crippen LogP contribution is 2.53. The maximum Gasteiger partial charge on any atom is 0.225 e. The van der Waals surface area contributed by atoms with E-state index >= 15 is 0 Å². The predicted molar refractivity (Wildman–Crippen MR) is 94.3 cm³/mol. The van der Waals surface area contributed by atoms with Gasteiger partial charge in [-0.2, -0.15) is 0 Å². The van der Waals surface area contributed by atoms with Gasteiger partial charge in [-0.25, -0.2) is 0 Å². The molecule has 2 saturated heterocycles. The molecule has 1 aliphatic carbocycles. The molecule has 3 atom stereocenters. The van der Waals surface area contributed by atoms with E-state index in [2.05, 4.69) is 42.2 Å². The van der Waals surface area contributed by atoms with Crippen molar-refractivity contribution in [3.8, 4) is 0 Å². The highest BCUT2D eigenvalue weighted by Gasteiger charge is 2.58. The lowest BCUT2D eigenvalue weighted by molar-refractivity contribution is -0.175. The Labute approximate surface area is 144 Å². The molecular weight excluding hydrogens is 298 g/mol. The fraction of sp³-hybridized carbons (Fsp3) is 0.571. The van der Waals surface area contributed by atoms with Crippen LogP contribution in [0.2, 0.25) is 0 Å². The molecule has 3 nitrogen and oxygen atoms in total. The number of rotatable bonds is 4. The van der Waals surface area contributed by atoms with E-state index in [0.717, 1.165) is 25.7 Å². The summed E-state index contributed by atoms with van der Waals surface area (Å²) in [6.45, 7) is 2.88. The van der Waals surface area contributed by atoms with Crippen LogP contribution in [-0.4, -0.2) is 23.1 Å². The van der Waals surface area contributed by atoms with Gasteiger partial charge < -0.3 is 9.64 Å². The summed E-state index contributed by atoms with van der Waals surface area (Å²) in [4.78, 5) is 15.0. The van der Waals surface area contributed by atoms with Crippen molar-refractivity contribution >= 4 is 5.91 Å². The number of nitrogens with zero attached hydrogens (tertiary/aromatic N) is 1. The van der Waals surface area contributed by atoms with Gasteiger partial charge in [-0.05, 0) is 37.7 Å². The first kappa shape index (κ1) is 15.9. The van der Waals surface area contributed by atoms with Gasteiger partial charge in [0.15, 0.2) is 5.72 Å². The number of piperidine rings is 1. The minimum Gasteiger partial charge on any atom is -0.352 e. The topological polar surface area (TPSA) is 29.5 Å². The van der Waals surface area contributed by atoms with Crippen LogP contribution in [0.25, 0.3) is 0 Å². The van der Waals surface area contributed by atoms with Gasteiger partial charge in [0.05, 0.1) is 12.6 Å². The van der Waals surface area contributed by atoms with Crippen LogP contribution >= 0.6 is 0 Å². The first-order valence-corrected chi connectivity index (χ1v) is 9.46. The van der Waals surface area contributed by atoms with Crippen molar-refractivity contribution in [1.29, 1.82) is 0 Å². The van der Waals surface area contributed by atoms with Gasteiger partial charge >= 0.3 is 0 Å². The zero-order valence-electron chi connectivity index (χ0n) is 14.5. The molecule has 4 rings (SSSR count). The summed E-state index contributed by atoms with van der Waals surface area (Å²) in [5.74, 6) is 0.665. The molecule has 0 N–H and O–H groups in total. The molecule has 2 heterocycles. The lowest BCUT2D eigenvalue weighted by Gasteiger charge is -2.50. The molecule has 0 unspecified atom stereocenters. The van der Waals surface area contributed by atoms with Crippen molar-refractivity contribution in [1.82, 2.24) is 4.90 Å². The van der Waals surface area contributed by atoms with E-state index < -0.39 is 0 Å². The molecule has 3 heteroatoms. The van der Waals surface area contributed by atoms with Crippen molar-refractivity contribution in [3.63, 3.8) is 0 Å². The maximum absolute atomic E-state index is 12.9. The van der Waals surface area contributed by atoms with E-state index in [1.54, 1.807) is 0 Å². The van der Waals surface area contributed by atoms with E-state index in [-0.39, 0.29) is 17.7 Å². The third-order valence-corrected chi connectivity index (χ3v) is 6.03. The van der Waals surface area contributed by atoms with Crippen molar-refractivity contribution in [3.05, 3.63) is 47.5 Å².